The van der Waals surface area contributed by atoms with E-state index in [9.17, 15) is 4.79 Å². The van der Waals surface area contributed by atoms with Gasteiger partial charge >= 0.3 is 0 Å². The number of hydrogen-bond acceptors (Lipinski definition) is 5. The van der Waals surface area contributed by atoms with Crippen LogP contribution in [-0.2, 0) is 16.1 Å². The third kappa shape index (κ3) is 3.91. The van der Waals surface area contributed by atoms with E-state index >= 15 is 0 Å². The maximum absolute atomic E-state index is 12.3. The van der Waals surface area contributed by atoms with E-state index in [0.29, 0.717) is 37.1 Å². The van der Waals surface area contributed by atoms with Gasteiger partial charge < -0.3 is 14.2 Å². The molecule has 1 fully saturated rings. The Kier molecular flexibility index (Phi) is 5.76. The maximum atomic E-state index is 12.3. The highest BCUT2D eigenvalue weighted by Crippen LogP contribution is 2.26. The van der Waals surface area contributed by atoms with Gasteiger partial charge in [0.1, 0.15) is 0 Å². The zero-order chi connectivity index (χ0) is 16.9. The van der Waals surface area contributed by atoms with E-state index < -0.39 is 0 Å². The van der Waals surface area contributed by atoms with Gasteiger partial charge in [0.25, 0.3) is 0 Å². The molecular weight excluding hydrogens is 348 g/mol. The van der Waals surface area contributed by atoms with Crippen LogP contribution in [0.3, 0.4) is 0 Å². The van der Waals surface area contributed by atoms with Crippen LogP contribution >= 0.6 is 23.4 Å². The molecule has 1 aromatic carbocycles. The smallest absolute Gasteiger partial charge is 0.233 e. The molecule has 0 bridgehead atoms. The Morgan fingerprint density at radius 2 is 2.12 bits per heavy atom. The molecule has 0 radical (unpaired) electrons. The number of ether oxygens (including phenoxy) is 1. The summed E-state index contributed by atoms with van der Waals surface area (Å²) in [7, 11) is 0. The van der Waals surface area contributed by atoms with Crippen molar-refractivity contribution in [1.82, 2.24) is 19.7 Å². The summed E-state index contributed by atoms with van der Waals surface area (Å²) in [5, 5.41) is 9.93. The largest absolute Gasteiger partial charge is 0.378 e. The van der Waals surface area contributed by atoms with Crippen LogP contribution in [0.4, 0.5) is 0 Å². The number of aromatic nitrogens is 3. The number of benzene rings is 1. The van der Waals surface area contributed by atoms with Gasteiger partial charge in [0.05, 0.1) is 19.0 Å². The van der Waals surface area contributed by atoms with Gasteiger partial charge in [-0.3, -0.25) is 4.79 Å². The van der Waals surface area contributed by atoms with E-state index in [4.69, 9.17) is 16.3 Å². The molecule has 1 saturated heterocycles. The monoisotopic (exact) mass is 366 g/mol. The Labute approximate surface area is 150 Å². The minimum Gasteiger partial charge on any atom is -0.378 e. The Bertz CT molecular complexity index is 716. The molecular formula is C16H19ClN4O2S. The van der Waals surface area contributed by atoms with Crippen molar-refractivity contribution >= 4 is 29.3 Å². The van der Waals surface area contributed by atoms with Gasteiger partial charge in [0, 0.05) is 30.2 Å². The maximum Gasteiger partial charge on any atom is 0.233 e. The lowest BCUT2D eigenvalue weighted by Crippen LogP contribution is -2.41. The van der Waals surface area contributed by atoms with Gasteiger partial charge in [0.2, 0.25) is 5.91 Å². The molecule has 2 aromatic rings. The van der Waals surface area contributed by atoms with Gasteiger partial charge in [-0.25, -0.2) is 0 Å². The zero-order valence-corrected chi connectivity index (χ0v) is 15.0. The Hall–Kier alpha value is -1.57. The molecule has 0 spiro atoms. The van der Waals surface area contributed by atoms with Crippen molar-refractivity contribution in [2.75, 3.05) is 32.1 Å². The van der Waals surface area contributed by atoms with Crippen molar-refractivity contribution in [2.24, 2.45) is 0 Å². The van der Waals surface area contributed by atoms with Crippen LogP contribution in [0.15, 0.2) is 29.4 Å². The standard InChI is InChI=1S/C16H19ClN4O2S/c1-2-21-15(12-4-3-5-13(17)10-12)18-19-16(21)24-11-14(22)20-6-8-23-9-7-20/h3-5,10H,2,6-9,11H2,1H3. The van der Waals surface area contributed by atoms with E-state index in [-0.39, 0.29) is 5.91 Å². The molecule has 1 aliphatic heterocycles. The molecule has 0 saturated carbocycles. The lowest BCUT2D eigenvalue weighted by Gasteiger charge is -2.26. The predicted molar refractivity (Wildman–Crippen MR) is 94.3 cm³/mol. The number of morpholine rings is 1. The van der Waals surface area contributed by atoms with Crippen LogP contribution in [-0.4, -0.2) is 57.6 Å². The summed E-state index contributed by atoms with van der Waals surface area (Å²) in [6.45, 7) is 5.30. The lowest BCUT2D eigenvalue weighted by atomic mass is 10.2. The SMILES string of the molecule is CCn1c(SCC(=O)N2CCOCC2)nnc1-c1cccc(Cl)c1. The van der Waals surface area contributed by atoms with Crippen molar-refractivity contribution in [3.8, 4) is 11.4 Å². The molecule has 3 rings (SSSR count). The molecule has 128 valence electrons. The van der Waals surface area contributed by atoms with Crippen molar-refractivity contribution in [2.45, 2.75) is 18.6 Å². The van der Waals surface area contributed by atoms with Crippen LogP contribution in [0.2, 0.25) is 5.02 Å². The van der Waals surface area contributed by atoms with Crippen LogP contribution in [0.25, 0.3) is 11.4 Å². The fourth-order valence-corrected chi connectivity index (χ4v) is 3.65. The van der Waals surface area contributed by atoms with Crippen molar-refractivity contribution in [3.05, 3.63) is 29.3 Å². The number of carbonyl (C=O) groups excluding carboxylic acids is 1. The Morgan fingerprint density at radius 3 is 2.83 bits per heavy atom. The fourth-order valence-electron chi connectivity index (χ4n) is 2.55. The molecule has 0 aliphatic carbocycles. The summed E-state index contributed by atoms with van der Waals surface area (Å²) in [5.41, 5.74) is 0.920. The molecule has 6 nitrogen and oxygen atoms in total. The topological polar surface area (TPSA) is 60.2 Å². The summed E-state index contributed by atoms with van der Waals surface area (Å²) < 4.78 is 7.28. The number of hydrogen-bond donors (Lipinski definition) is 0. The van der Waals surface area contributed by atoms with Crippen molar-refractivity contribution in [3.63, 3.8) is 0 Å². The van der Waals surface area contributed by atoms with E-state index in [1.807, 2.05) is 40.7 Å². The van der Waals surface area contributed by atoms with Gasteiger partial charge in [-0.2, -0.15) is 0 Å². The van der Waals surface area contributed by atoms with Crippen LogP contribution in [0.1, 0.15) is 6.92 Å². The van der Waals surface area contributed by atoms with Crippen LogP contribution in [0, 0.1) is 0 Å². The number of thioether (sulfide) groups is 1. The van der Waals surface area contributed by atoms with Gasteiger partial charge in [-0.15, -0.1) is 10.2 Å². The second-order valence-corrected chi connectivity index (χ2v) is 6.72. The molecule has 1 aliphatic rings. The van der Waals surface area contributed by atoms with Crippen LogP contribution < -0.4 is 0 Å². The van der Waals surface area contributed by atoms with Crippen molar-refractivity contribution < 1.29 is 9.53 Å². The van der Waals surface area contributed by atoms with Crippen LogP contribution in [0.5, 0.6) is 0 Å². The van der Waals surface area contributed by atoms with E-state index in [2.05, 4.69) is 10.2 Å². The third-order valence-electron chi connectivity index (χ3n) is 3.80. The first-order valence-corrected chi connectivity index (χ1v) is 9.23. The number of amides is 1. The Morgan fingerprint density at radius 1 is 1.33 bits per heavy atom. The number of halogens is 1. The summed E-state index contributed by atoms with van der Waals surface area (Å²) in [6.07, 6.45) is 0. The minimum absolute atomic E-state index is 0.109. The highest BCUT2D eigenvalue weighted by atomic mass is 35.5. The van der Waals surface area contributed by atoms with Gasteiger partial charge in [0.15, 0.2) is 11.0 Å². The number of rotatable bonds is 5. The quantitative estimate of drug-likeness (QED) is 0.761. The Balaban J connectivity index is 1.71. The minimum atomic E-state index is 0.109. The molecule has 2 heterocycles. The molecule has 0 unspecified atom stereocenters. The molecule has 1 amide bonds. The normalized spacial score (nSPS) is 14.8. The average Bonchev–Trinajstić information content (AvgIpc) is 3.03. The molecule has 8 heteroatoms. The highest BCUT2D eigenvalue weighted by Gasteiger charge is 2.19. The number of nitrogens with zero attached hydrogens (tertiary/aromatic N) is 4. The first-order chi connectivity index (χ1) is 11.7. The highest BCUT2D eigenvalue weighted by molar-refractivity contribution is 7.99. The summed E-state index contributed by atoms with van der Waals surface area (Å²) in [5.74, 6) is 1.23. The second kappa shape index (κ2) is 8.00. The van der Waals surface area contributed by atoms with Gasteiger partial charge in [-0.05, 0) is 19.1 Å². The predicted octanol–water partition coefficient (Wildman–Crippen LogP) is 2.57. The molecule has 1 aromatic heterocycles. The van der Waals surface area contributed by atoms with Crippen molar-refractivity contribution in [1.29, 1.82) is 0 Å². The van der Waals surface area contributed by atoms with E-state index in [1.54, 1.807) is 0 Å². The molecule has 0 N–H and O–H groups in total. The third-order valence-corrected chi connectivity index (χ3v) is 4.99. The first-order valence-electron chi connectivity index (χ1n) is 7.86. The van der Waals surface area contributed by atoms with Gasteiger partial charge in [-0.1, -0.05) is 35.5 Å². The van der Waals surface area contributed by atoms with E-state index in [0.717, 1.165) is 23.1 Å². The lowest BCUT2D eigenvalue weighted by molar-refractivity contribution is -0.132. The first kappa shape index (κ1) is 17.3. The summed E-state index contributed by atoms with van der Waals surface area (Å²) >= 11 is 7.48. The summed E-state index contributed by atoms with van der Waals surface area (Å²) in [6, 6.07) is 7.54. The molecule has 24 heavy (non-hydrogen) atoms. The summed E-state index contributed by atoms with van der Waals surface area (Å²) in [4.78, 5) is 14.1. The average molecular weight is 367 g/mol. The fraction of sp³-hybridized carbons (Fsp3) is 0.438. The van der Waals surface area contributed by atoms with E-state index in [1.165, 1.54) is 11.8 Å². The zero-order valence-electron chi connectivity index (χ0n) is 13.4. The second-order valence-electron chi connectivity index (χ2n) is 5.34. The molecule has 0 atom stereocenters. The number of carbonyl (C=O) groups is 1.